The number of amides is 1. The molecule has 2 atom stereocenters. The van der Waals surface area contributed by atoms with Crippen LogP contribution in [-0.2, 0) is 17.6 Å². The summed E-state index contributed by atoms with van der Waals surface area (Å²) < 4.78 is 2.12. The Hall–Kier alpha value is -1.67. The van der Waals surface area contributed by atoms with Crippen LogP contribution >= 0.6 is 23.1 Å². The number of hydrogen-bond donors (Lipinski definition) is 0. The Morgan fingerprint density at radius 1 is 1.23 bits per heavy atom. The van der Waals surface area contributed by atoms with E-state index in [0.717, 1.165) is 59.6 Å². The fourth-order valence-corrected chi connectivity index (χ4v) is 7.21. The van der Waals surface area contributed by atoms with Crippen LogP contribution in [0.15, 0.2) is 5.16 Å². The van der Waals surface area contributed by atoms with Gasteiger partial charge in [0.05, 0.1) is 11.1 Å². The predicted octanol–water partition coefficient (Wildman–Crippen LogP) is 5.08. The maximum absolute atomic E-state index is 12.9. The van der Waals surface area contributed by atoms with Gasteiger partial charge in [0.2, 0.25) is 5.91 Å². The molecule has 0 aromatic carbocycles. The summed E-state index contributed by atoms with van der Waals surface area (Å²) in [5.41, 5.74) is 2.34. The lowest BCUT2D eigenvalue weighted by atomic mass is 9.89. The van der Waals surface area contributed by atoms with E-state index in [1.54, 1.807) is 0 Å². The average Bonchev–Trinajstić information content (AvgIpc) is 3.31. The molecule has 8 heteroatoms. The standard InChI is InChI=1S/C23H31N5OS2/c1-13(2)20-24-22-19(16-9-8-14(3)11-17(16)31-22)21-25-26-23(28(20)21)30-12-18(29)27-10-6-5-7-15(27)4/h13-15H,5-12H2,1-4H3/t14-,15+/m0/s1. The summed E-state index contributed by atoms with van der Waals surface area (Å²) in [6.45, 7) is 9.70. The number of fused-ring (bicyclic) bond motifs is 5. The van der Waals surface area contributed by atoms with Gasteiger partial charge in [0.25, 0.3) is 0 Å². The Labute approximate surface area is 191 Å². The molecule has 1 aliphatic carbocycles. The molecule has 166 valence electrons. The lowest BCUT2D eigenvalue weighted by Gasteiger charge is -2.33. The van der Waals surface area contributed by atoms with Crippen LogP contribution < -0.4 is 0 Å². The minimum absolute atomic E-state index is 0.205. The van der Waals surface area contributed by atoms with Crippen molar-refractivity contribution in [1.29, 1.82) is 0 Å². The van der Waals surface area contributed by atoms with Crippen molar-refractivity contribution in [2.24, 2.45) is 5.92 Å². The van der Waals surface area contributed by atoms with Crippen molar-refractivity contribution in [2.45, 2.75) is 83.3 Å². The van der Waals surface area contributed by atoms with Gasteiger partial charge in [-0.2, -0.15) is 0 Å². The van der Waals surface area contributed by atoms with Crippen LogP contribution in [0.2, 0.25) is 0 Å². The first kappa shape index (κ1) is 21.2. The van der Waals surface area contributed by atoms with Crippen molar-refractivity contribution < 1.29 is 4.79 Å². The van der Waals surface area contributed by atoms with E-state index in [1.807, 2.05) is 16.2 Å². The van der Waals surface area contributed by atoms with Gasteiger partial charge in [-0.05, 0) is 56.9 Å². The molecule has 0 saturated carbocycles. The molecule has 1 fully saturated rings. The fourth-order valence-electron chi connectivity index (χ4n) is 5.00. The van der Waals surface area contributed by atoms with Crippen LogP contribution in [0, 0.1) is 5.92 Å². The number of carbonyl (C=O) groups excluding carboxylic acids is 1. The Morgan fingerprint density at radius 2 is 2.06 bits per heavy atom. The van der Waals surface area contributed by atoms with E-state index in [9.17, 15) is 4.79 Å². The van der Waals surface area contributed by atoms with Gasteiger partial charge in [-0.15, -0.1) is 21.5 Å². The number of carbonyl (C=O) groups is 1. The van der Waals surface area contributed by atoms with E-state index in [2.05, 4.69) is 42.3 Å². The first-order valence-corrected chi connectivity index (χ1v) is 13.4. The maximum atomic E-state index is 12.9. The molecule has 3 aromatic heterocycles. The van der Waals surface area contributed by atoms with Crippen LogP contribution in [0.4, 0.5) is 0 Å². The SMILES string of the molecule is CC(C)c1nc2sc3c(c2c2nnc(SCC(=O)N4CCCC[C@H]4C)n12)CC[C@H](C)C3. The van der Waals surface area contributed by atoms with Crippen molar-refractivity contribution in [3.05, 3.63) is 16.3 Å². The Bertz CT molecular complexity index is 1130. The van der Waals surface area contributed by atoms with Crippen molar-refractivity contribution in [2.75, 3.05) is 12.3 Å². The first-order chi connectivity index (χ1) is 14.9. The van der Waals surface area contributed by atoms with Gasteiger partial charge in [-0.1, -0.05) is 32.5 Å². The highest BCUT2D eigenvalue weighted by atomic mass is 32.2. The highest BCUT2D eigenvalue weighted by Gasteiger charge is 2.27. The van der Waals surface area contributed by atoms with E-state index in [0.29, 0.717) is 11.8 Å². The van der Waals surface area contributed by atoms with Crippen LogP contribution in [0.3, 0.4) is 0 Å². The van der Waals surface area contributed by atoms with E-state index < -0.39 is 0 Å². The highest BCUT2D eigenvalue weighted by Crippen LogP contribution is 2.40. The third-order valence-corrected chi connectivity index (χ3v) is 8.82. The number of nitrogens with zero attached hydrogens (tertiary/aromatic N) is 5. The molecule has 0 radical (unpaired) electrons. The lowest BCUT2D eigenvalue weighted by molar-refractivity contribution is -0.131. The van der Waals surface area contributed by atoms with Crippen LogP contribution in [0.1, 0.15) is 75.6 Å². The Morgan fingerprint density at radius 3 is 2.84 bits per heavy atom. The molecule has 0 bridgehead atoms. The van der Waals surface area contributed by atoms with Crippen LogP contribution in [-0.4, -0.2) is 48.7 Å². The van der Waals surface area contributed by atoms with Crippen molar-refractivity contribution in [3.8, 4) is 0 Å². The number of piperidine rings is 1. The van der Waals surface area contributed by atoms with E-state index in [1.165, 1.54) is 40.4 Å². The van der Waals surface area contributed by atoms with Crippen molar-refractivity contribution in [1.82, 2.24) is 24.5 Å². The topological polar surface area (TPSA) is 63.4 Å². The summed E-state index contributed by atoms with van der Waals surface area (Å²) in [4.78, 5) is 22.6. The van der Waals surface area contributed by atoms with E-state index in [-0.39, 0.29) is 11.8 Å². The molecule has 1 amide bonds. The van der Waals surface area contributed by atoms with Gasteiger partial charge < -0.3 is 4.90 Å². The zero-order valence-corrected chi connectivity index (χ0v) is 20.5. The number of aromatic nitrogens is 4. The minimum Gasteiger partial charge on any atom is -0.339 e. The van der Waals surface area contributed by atoms with Gasteiger partial charge in [-0.3, -0.25) is 9.20 Å². The summed E-state index contributed by atoms with van der Waals surface area (Å²) in [5.74, 6) is 2.57. The van der Waals surface area contributed by atoms with Gasteiger partial charge >= 0.3 is 0 Å². The summed E-state index contributed by atoms with van der Waals surface area (Å²) in [7, 11) is 0. The molecule has 0 unspecified atom stereocenters. The largest absolute Gasteiger partial charge is 0.339 e. The summed E-state index contributed by atoms with van der Waals surface area (Å²) in [6, 6.07) is 0.337. The Kier molecular flexibility index (Phi) is 5.71. The second kappa shape index (κ2) is 8.35. The highest BCUT2D eigenvalue weighted by molar-refractivity contribution is 7.99. The predicted molar refractivity (Wildman–Crippen MR) is 127 cm³/mol. The number of rotatable bonds is 4. The van der Waals surface area contributed by atoms with Crippen molar-refractivity contribution >= 4 is 44.9 Å². The molecule has 3 aromatic rings. The average molecular weight is 458 g/mol. The number of thioether (sulfide) groups is 1. The second-order valence-corrected chi connectivity index (χ2v) is 11.5. The van der Waals surface area contributed by atoms with Crippen molar-refractivity contribution in [3.63, 3.8) is 0 Å². The zero-order valence-electron chi connectivity index (χ0n) is 18.8. The summed E-state index contributed by atoms with van der Waals surface area (Å²) in [6.07, 6.45) is 6.88. The molecule has 0 N–H and O–H groups in total. The molecule has 5 rings (SSSR count). The van der Waals surface area contributed by atoms with E-state index >= 15 is 0 Å². The van der Waals surface area contributed by atoms with Crippen LogP contribution in [0.5, 0.6) is 0 Å². The molecule has 31 heavy (non-hydrogen) atoms. The second-order valence-electron chi connectivity index (χ2n) is 9.52. The number of likely N-dealkylation sites (tertiary alicyclic amines) is 1. The number of aryl methyl sites for hydroxylation is 1. The number of thiophene rings is 1. The minimum atomic E-state index is 0.205. The third-order valence-electron chi connectivity index (χ3n) is 6.76. The molecular formula is C23H31N5OS2. The maximum Gasteiger partial charge on any atom is 0.233 e. The quantitative estimate of drug-likeness (QED) is 0.511. The van der Waals surface area contributed by atoms with Crippen LogP contribution in [0.25, 0.3) is 15.9 Å². The van der Waals surface area contributed by atoms with E-state index in [4.69, 9.17) is 4.98 Å². The molecule has 6 nitrogen and oxygen atoms in total. The normalized spacial score (nSPS) is 21.9. The zero-order chi connectivity index (χ0) is 21.7. The molecule has 4 heterocycles. The third kappa shape index (κ3) is 3.75. The number of hydrogen-bond acceptors (Lipinski definition) is 6. The lowest BCUT2D eigenvalue weighted by Crippen LogP contribution is -2.42. The summed E-state index contributed by atoms with van der Waals surface area (Å²) in [5, 5.41) is 11.1. The molecule has 0 spiro atoms. The summed E-state index contributed by atoms with van der Waals surface area (Å²) >= 11 is 3.34. The monoisotopic (exact) mass is 457 g/mol. The Balaban J connectivity index is 1.52. The van der Waals surface area contributed by atoms with Gasteiger partial charge in [-0.25, -0.2) is 4.98 Å². The molecular weight excluding hydrogens is 426 g/mol. The first-order valence-electron chi connectivity index (χ1n) is 11.6. The molecule has 2 aliphatic rings. The molecule has 1 aliphatic heterocycles. The van der Waals surface area contributed by atoms with Gasteiger partial charge in [0.1, 0.15) is 10.7 Å². The van der Waals surface area contributed by atoms with Gasteiger partial charge in [0.15, 0.2) is 10.8 Å². The van der Waals surface area contributed by atoms with Gasteiger partial charge in [0, 0.05) is 23.4 Å². The smallest absolute Gasteiger partial charge is 0.233 e. The fraction of sp³-hybridized carbons (Fsp3) is 0.652. The molecule has 1 saturated heterocycles.